The summed E-state index contributed by atoms with van der Waals surface area (Å²) < 4.78 is 5.51. The van der Waals surface area contributed by atoms with Gasteiger partial charge in [0.1, 0.15) is 0 Å². The summed E-state index contributed by atoms with van der Waals surface area (Å²) >= 11 is 0. The number of amides is 1. The van der Waals surface area contributed by atoms with Gasteiger partial charge in [-0.15, -0.1) is 0 Å². The van der Waals surface area contributed by atoms with Gasteiger partial charge in [0.2, 0.25) is 5.91 Å². The Balaban J connectivity index is 3.39. The minimum atomic E-state index is -0.845. The highest BCUT2D eigenvalue weighted by atomic mass is 16.5. The molecule has 0 aromatic rings. The number of nitrogens with one attached hydrogen (secondary N) is 1. The van der Waals surface area contributed by atoms with Gasteiger partial charge in [0, 0.05) is 12.8 Å². The zero-order chi connectivity index (χ0) is 65.6. The van der Waals surface area contributed by atoms with Crippen molar-refractivity contribution in [2.45, 2.75) is 469 Å². The molecule has 0 aliphatic carbocycles. The van der Waals surface area contributed by atoms with Crippen LogP contribution in [0, 0.1) is 0 Å². The molecule has 0 aliphatic rings. The minimum absolute atomic E-state index is 0.0139. The highest BCUT2D eigenvalue weighted by Gasteiger charge is 2.18. The molecule has 0 aromatic carbocycles. The summed E-state index contributed by atoms with van der Waals surface area (Å²) in [7, 11) is 0. The molecular formula is C85H161NO5. The number of allylic oxidation sites excluding steroid dienone is 7. The lowest BCUT2D eigenvalue weighted by Crippen LogP contribution is -2.45. The molecule has 0 radical (unpaired) electrons. The molecular weight excluding hydrogens is 1110 g/mol. The van der Waals surface area contributed by atoms with Gasteiger partial charge < -0.3 is 20.3 Å². The predicted molar refractivity (Wildman–Crippen MR) is 402 cm³/mol. The Morgan fingerprint density at radius 3 is 0.846 bits per heavy atom. The lowest BCUT2D eigenvalue weighted by atomic mass is 10.0. The van der Waals surface area contributed by atoms with Crippen molar-refractivity contribution in [2.75, 3.05) is 13.2 Å². The summed E-state index contributed by atoms with van der Waals surface area (Å²) in [6.07, 6.45) is 107. The van der Waals surface area contributed by atoms with Crippen molar-refractivity contribution in [2.24, 2.45) is 0 Å². The monoisotopic (exact) mass is 1280 g/mol. The van der Waals surface area contributed by atoms with E-state index in [2.05, 4.69) is 55.6 Å². The number of unbranched alkanes of at least 4 members (excludes halogenated alkanes) is 61. The van der Waals surface area contributed by atoms with Gasteiger partial charge in [-0.25, -0.2) is 0 Å². The van der Waals surface area contributed by atoms with Crippen LogP contribution in [0.15, 0.2) is 48.6 Å². The molecule has 0 spiro atoms. The molecule has 0 saturated carbocycles. The first-order chi connectivity index (χ1) is 45.0. The van der Waals surface area contributed by atoms with Crippen molar-refractivity contribution in [1.29, 1.82) is 0 Å². The van der Waals surface area contributed by atoms with Gasteiger partial charge in [0.25, 0.3) is 0 Å². The molecule has 0 rings (SSSR count). The Kier molecular flexibility index (Phi) is 78.3. The summed E-state index contributed by atoms with van der Waals surface area (Å²) in [5.74, 6) is -0.0473. The molecule has 536 valence electrons. The molecule has 6 nitrogen and oxygen atoms in total. The van der Waals surface area contributed by atoms with Gasteiger partial charge >= 0.3 is 5.97 Å². The lowest BCUT2D eigenvalue weighted by molar-refractivity contribution is -0.143. The van der Waals surface area contributed by atoms with Crippen LogP contribution in [0.25, 0.3) is 0 Å². The van der Waals surface area contributed by atoms with Gasteiger partial charge in [-0.3, -0.25) is 9.59 Å². The van der Waals surface area contributed by atoms with Crippen LogP contribution in [0.3, 0.4) is 0 Å². The molecule has 6 heteroatoms. The number of esters is 1. The van der Waals surface area contributed by atoms with Gasteiger partial charge in [-0.2, -0.15) is 0 Å². The van der Waals surface area contributed by atoms with E-state index in [0.29, 0.717) is 19.4 Å². The smallest absolute Gasteiger partial charge is 0.305 e. The Hall–Kier alpha value is -2.18. The number of carbonyl (C=O) groups is 2. The molecule has 2 atom stereocenters. The van der Waals surface area contributed by atoms with Gasteiger partial charge in [0.15, 0.2) is 0 Å². The number of carbonyl (C=O) groups excluding carboxylic acids is 2. The van der Waals surface area contributed by atoms with E-state index in [9.17, 15) is 19.8 Å². The van der Waals surface area contributed by atoms with Crippen molar-refractivity contribution in [3.8, 4) is 0 Å². The van der Waals surface area contributed by atoms with Gasteiger partial charge in [-0.1, -0.05) is 403 Å². The topological polar surface area (TPSA) is 95.9 Å². The van der Waals surface area contributed by atoms with Crippen LogP contribution in [0.2, 0.25) is 0 Å². The maximum absolute atomic E-state index is 12.6. The first-order valence-electron chi connectivity index (χ1n) is 41.4. The maximum atomic E-state index is 12.6. The van der Waals surface area contributed by atoms with Crippen molar-refractivity contribution < 1.29 is 24.5 Å². The summed E-state index contributed by atoms with van der Waals surface area (Å²) in [4.78, 5) is 24.7. The average Bonchev–Trinajstić information content (AvgIpc) is 3.59. The molecule has 0 aromatic heterocycles. The number of ether oxygens (including phenoxy) is 1. The van der Waals surface area contributed by atoms with Crippen molar-refractivity contribution in [1.82, 2.24) is 5.32 Å². The third-order valence-corrected chi connectivity index (χ3v) is 19.3. The molecule has 0 bridgehead atoms. The summed E-state index contributed by atoms with van der Waals surface area (Å²) in [5.41, 5.74) is 0. The second kappa shape index (κ2) is 80.3. The first kappa shape index (κ1) is 88.8. The van der Waals surface area contributed by atoms with Crippen LogP contribution in [0.1, 0.15) is 457 Å². The number of aliphatic hydroxyl groups is 2. The zero-order valence-corrected chi connectivity index (χ0v) is 61.6. The quantitative estimate of drug-likeness (QED) is 0.0320. The van der Waals surface area contributed by atoms with E-state index in [1.807, 2.05) is 6.08 Å². The van der Waals surface area contributed by atoms with Crippen LogP contribution < -0.4 is 5.32 Å². The summed E-state index contributed by atoms with van der Waals surface area (Å²) in [6.45, 7) is 4.94. The Bertz CT molecular complexity index is 1520. The summed E-state index contributed by atoms with van der Waals surface area (Å²) in [5, 5.41) is 23.3. The Morgan fingerprint density at radius 1 is 0.308 bits per heavy atom. The molecule has 0 aliphatic heterocycles. The highest BCUT2D eigenvalue weighted by molar-refractivity contribution is 5.76. The molecule has 1 amide bonds. The van der Waals surface area contributed by atoms with Crippen molar-refractivity contribution in [3.05, 3.63) is 48.6 Å². The fourth-order valence-corrected chi connectivity index (χ4v) is 13.0. The molecule has 91 heavy (non-hydrogen) atoms. The van der Waals surface area contributed by atoms with Crippen LogP contribution >= 0.6 is 0 Å². The Morgan fingerprint density at radius 2 is 0.549 bits per heavy atom. The SMILES string of the molecule is CCCCCCCC/C=C\CCCCCCCCCC(=O)OCCCCCCCCCCCCC/C=C\C/C=C\CCCCCCCCCCCCCCCCCCCC(=O)NC(CO)C(O)/C=C/CCCCCCCCCCCCCCCCCCCCCC. The van der Waals surface area contributed by atoms with E-state index >= 15 is 0 Å². The second-order valence-corrected chi connectivity index (χ2v) is 28.4. The van der Waals surface area contributed by atoms with Crippen LogP contribution in [-0.4, -0.2) is 47.4 Å². The Labute approximate surface area is 569 Å². The largest absolute Gasteiger partial charge is 0.466 e. The van der Waals surface area contributed by atoms with Crippen LogP contribution in [0.4, 0.5) is 0 Å². The normalized spacial score (nSPS) is 12.7. The van der Waals surface area contributed by atoms with Crippen molar-refractivity contribution >= 4 is 11.9 Å². The van der Waals surface area contributed by atoms with E-state index < -0.39 is 12.1 Å². The molecule has 0 saturated heterocycles. The van der Waals surface area contributed by atoms with Gasteiger partial charge in [-0.05, 0) is 89.9 Å². The minimum Gasteiger partial charge on any atom is -0.466 e. The molecule has 2 unspecified atom stereocenters. The van der Waals surface area contributed by atoms with E-state index in [1.165, 1.54) is 379 Å². The molecule has 0 fully saturated rings. The zero-order valence-electron chi connectivity index (χ0n) is 61.6. The molecule has 3 N–H and O–H groups in total. The fraction of sp³-hybridized carbons (Fsp3) is 0.882. The van der Waals surface area contributed by atoms with E-state index in [4.69, 9.17) is 4.74 Å². The predicted octanol–water partition coefficient (Wildman–Crippen LogP) is 27.5. The second-order valence-electron chi connectivity index (χ2n) is 28.4. The van der Waals surface area contributed by atoms with Crippen LogP contribution in [0.5, 0.6) is 0 Å². The molecule has 0 heterocycles. The number of hydrogen-bond donors (Lipinski definition) is 3. The third-order valence-electron chi connectivity index (χ3n) is 19.3. The van der Waals surface area contributed by atoms with E-state index in [-0.39, 0.29) is 18.5 Å². The van der Waals surface area contributed by atoms with Crippen molar-refractivity contribution in [3.63, 3.8) is 0 Å². The van der Waals surface area contributed by atoms with Crippen LogP contribution in [-0.2, 0) is 14.3 Å². The van der Waals surface area contributed by atoms with E-state index in [1.54, 1.807) is 6.08 Å². The fourth-order valence-electron chi connectivity index (χ4n) is 13.0. The lowest BCUT2D eigenvalue weighted by Gasteiger charge is -2.20. The van der Waals surface area contributed by atoms with Gasteiger partial charge in [0.05, 0.1) is 25.4 Å². The number of hydrogen-bond acceptors (Lipinski definition) is 5. The highest BCUT2D eigenvalue weighted by Crippen LogP contribution is 2.20. The summed E-state index contributed by atoms with van der Waals surface area (Å²) in [6, 6.07) is -0.628. The maximum Gasteiger partial charge on any atom is 0.305 e. The number of rotatable bonds is 78. The number of aliphatic hydroxyl groups excluding tert-OH is 2. The van der Waals surface area contributed by atoms with E-state index in [0.717, 1.165) is 51.4 Å². The average molecular weight is 1280 g/mol. The standard InChI is InChI=1S/C85H161NO5/c1-3-5-7-9-11-13-15-17-19-21-22-23-39-42-46-49-53-57-61-65-69-73-77-83(88)82(81-87)86-84(89)78-74-70-66-62-58-54-50-47-43-40-37-35-33-31-29-27-25-24-26-28-30-32-34-36-38-41-44-48-52-56-60-64-68-72-76-80-91-85(90)79-75-71-67-63-59-55-51-45-20-18-16-14-12-10-8-6-4-2/h18,20,26,28,32,34,73,77,82-83,87-88H,3-17,19,21-25,27,29-31,33,35-72,74-76,78-81H2,1-2H3,(H,86,89)/b20-18-,28-26-,34-32-,77-73+. The third kappa shape index (κ3) is 76.7. The first-order valence-corrected chi connectivity index (χ1v) is 41.4.